The number of carbonyl (C=O) groups excluding carboxylic acids is 2. The Morgan fingerprint density at radius 1 is 1.13 bits per heavy atom. The second-order valence-corrected chi connectivity index (χ2v) is 9.67. The van der Waals surface area contributed by atoms with Crippen molar-refractivity contribution in [2.24, 2.45) is 0 Å². The van der Waals surface area contributed by atoms with E-state index in [2.05, 4.69) is 5.32 Å². The number of nitrogens with zero attached hydrogens (tertiary/aromatic N) is 2. The van der Waals surface area contributed by atoms with E-state index in [-0.39, 0.29) is 48.3 Å². The molecular weight excluding hydrogens is 496 g/mol. The van der Waals surface area contributed by atoms with E-state index in [0.29, 0.717) is 18.9 Å². The van der Waals surface area contributed by atoms with Crippen LogP contribution >= 0.6 is 0 Å². The van der Waals surface area contributed by atoms with E-state index < -0.39 is 41.0 Å². The molecule has 3 atom stereocenters. The van der Waals surface area contributed by atoms with Gasteiger partial charge in [0.25, 0.3) is 11.8 Å². The second kappa shape index (κ2) is 10.4. The summed E-state index contributed by atoms with van der Waals surface area (Å²) < 4.78 is 34.7. The number of hydrogen-bond acceptors (Lipinski definition) is 5. The van der Waals surface area contributed by atoms with E-state index in [0.717, 1.165) is 11.6 Å². The van der Waals surface area contributed by atoms with Gasteiger partial charge in [0, 0.05) is 37.0 Å². The van der Waals surface area contributed by atoms with Crippen molar-refractivity contribution >= 4 is 11.8 Å². The normalized spacial score (nSPS) is 20.5. The number of aliphatic hydroxyl groups is 1. The first-order valence-corrected chi connectivity index (χ1v) is 12.4. The lowest BCUT2D eigenvalue weighted by atomic mass is 10.0. The van der Waals surface area contributed by atoms with Gasteiger partial charge >= 0.3 is 0 Å². The van der Waals surface area contributed by atoms with Crippen LogP contribution in [0.3, 0.4) is 0 Å². The lowest BCUT2D eigenvalue weighted by Crippen LogP contribution is -2.49. The Labute approximate surface area is 217 Å². The average Bonchev–Trinajstić information content (AvgIpc) is 3.03. The second-order valence-electron chi connectivity index (χ2n) is 9.67. The molecule has 1 saturated heterocycles. The Morgan fingerprint density at radius 2 is 1.89 bits per heavy atom. The Balaban J connectivity index is 1.56. The number of amides is 2. The van der Waals surface area contributed by atoms with Gasteiger partial charge in [-0.1, -0.05) is 36.4 Å². The number of aliphatic hydroxyl groups excluding tert-OH is 1. The van der Waals surface area contributed by atoms with Gasteiger partial charge in [-0.3, -0.25) is 14.4 Å². The maximum atomic E-state index is 14.1. The number of carbonyl (C=O) groups is 2. The predicted molar refractivity (Wildman–Crippen MR) is 134 cm³/mol. The highest BCUT2D eigenvalue weighted by atomic mass is 19.1. The number of halogens is 2. The summed E-state index contributed by atoms with van der Waals surface area (Å²) in [6.45, 7) is 1.80. The van der Waals surface area contributed by atoms with Crippen LogP contribution in [0.1, 0.15) is 57.8 Å². The van der Waals surface area contributed by atoms with Crippen LogP contribution in [-0.2, 0) is 13.2 Å². The lowest BCUT2D eigenvalue weighted by molar-refractivity contribution is 0.0499. The maximum Gasteiger partial charge on any atom is 0.274 e. The molecular formula is C28H27F2N3O5. The smallest absolute Gasteiger partial charge is 0.274 e. The third-order valence-corrected chi connectivity index (χ3v) is 7.18. The van der Waals surface area contributed by atoms with Crippen molar-refractivity contribution in [3.8, 4) is 5.75 Å². The molecule has 2 aromatic carbocycles. The molecule has 0 radical (unpaired) electrons. The molecule has 0 unspecified atom stereocenters. The first-order chi connectivity index (χ1) is 18.2. The van der Waals surface area contributed by atoms with Crippen LogP contribution in [0, 0.1) is 11.6 Å². The summed E-state index contributed by atoms with van der Waals surface area (Å²) in [6, 6.07) is 11.3. The zero-order valence-electron chi connectivity index (χ0n) is 20.7. The summed E-state index contributed by atoms with van der Waals surface area (Å²) >= 11 is 0. The standard InChI is InChI=1S/C28H27F2N3O5/c1-16-7-10-23(34)22-14-32(16)28(37)24-26(38-15-17-5-3-2-4-6-17)25(35)20(13-33(22)24)27(36)31-12-18-8-9-19(29)11-21(18)30/h2-6,8-9,11,13,16,22-23,34H,7,10,12,14-15H2,1H3,(H,31,36)/t16-,22-,23+/m1/s1. The van der Waals surface area contributed by atoms with E-state index >= 15 is 0 Å². The Bertz CT molecular complexity index is 1440. The summed E-state index contributed by atoms with van der Waals surface area (Å²) in [6.07, 6.45) is 1.47. The van der Waals surface area contributed by atoms with Gasteiger partial charge in [-0.25, -0.2) is 8.78 Å². The zero-order valence-corrected chi connectivity index (χ0v) is 20.7. The molecule has 2 aliphatic rings. The van der Waals surface area contributed by atoms with Crippen LogP contribution in [0.2, 0.25) is 0 Å². The fourth-order valence-corrected chi connectivity index (χ4v) is 5.00. The summed E-state index contributed by atoms with van der Waals surface area (Å²) in [5, 5.41) is 13.4. The Hall–Kier alpha value is -4.05. The highest BCUT2D eigenvalue weighted by Crippen LogP contribution is 2.35. The highest BCUT2D eigenvalue weighted by molar-refractivity contribution is 5.99. The molecule has 3 aromatic rings. The van der Waals surface area contributed by atoms with Gasteiger partial charge < -0.3 is 24.6 Å². The first kappa shape index (κ1) is 25.6. The third kappa shape index (κ3) is 4.79. The fraction of sp³-hybridized carbons (Fsp3) is 0.321. The topological polar surface area (TPSA) is 101 Å². The minimum absolute atomic E-state index is 0.0175. The predicted octanol–water partition coefficient (Wildman–Crippen LogP) is 3.18. The van der Waals surface area contributed by atoms with Gasteiger partial charge in [-0.2, -0.15) is 0 Å². The largest absolute Gasteiger partial charge is 0.483 e. The van der Waals surface area contributed by atoms with E-state index in [1.807, 2.05) is 25.1 Å². The number of pyridine rings is 1. The van der Waals surface area contributed by atoms with Gasteiger partial charge in [0.1, 0.15) is 23.8 Å². The molecule has 0 aliphatic carbocycles. The minimum atomic E-state index is -0.833. The van der Waals surface area contributed by atoms with E-state index in [1.165, 1.54) is 16.8 Å². The van der Waals surface area contributed by atoms with Crippen molar-refractivity contribution in [2.45, 2.75) is 51.1 Å². The molecule has 38 heavy (non-hydrogen) atoms. The summed E-state index contributed by atoms with van der Waals surface area (Å²) in [7, 11) is 0. The molecule has 1 aromatic heterocycles. The molecule has 0 saturated carbocycles. The van der Waals surface area contributed by atoms with Crippen LogP contribution in [0.4, 0.5) is 8.78 Å². The quantitative estimate of drug-likeness (QED) is 0.517. The lowest BCUT2D eigenvalue weighted by Gasteiger charge is -2.38. The fourth-order valence-electron chi connectivity index (χ4n) is 5.00. The number of ether oxygens (including phenoxy) is 1. The number of nitrogens with one attached hydrogen (secondary N) is 1. The molecule has 5 rings (SSSR count). The molecule has 8 nitrogen and oxygen atoms in total. The summed E-state index contributed by atoms with van der Waals surface area (Å²) in [5.41, 5.74) is -0.333. The maximum absolute atomic E-state index is 14.1. The number of benzene rings is 2. The van der Waals surface area contributed by atoms with Crippen molar-refractivity contribution in [3.63, 3.8) is 0 Å². The van der Waals surface area contributed by atoms with Gasteiger partial charge in [0.05, 0.1) is 12.1 Å². The van der Waals surface area contributed by atoms with Gasteiger partial charge in [0.15, 0.2) is 11.4 Å². The van der Waals surface area contributed by atoms with Gasteiger partial charge in [-0.15, -0.1) is 0 Å². The zero-order chi connectivity index (χ0) is 27.0. The molecule has 2 amide bonds. The first-order valence-electron chi connectivity index (χ1n) is 12.4. The van der Waals surface area contributed by atoms with Gasteiger partial charge in [0.2, 0.25) is 5.43 Å². The monoisotopic (exact) mass is 523 g/mol. The number of fused-ring (bicyclic) bond motifs is 4. The molecule has 10 heteroatoms. The Morgan fingerprint density at radius 3 is 2.63 bits per heavy atom. The van der Waals surface area contributed by atoms with Crippen molar-refractivity contribution in [2.75, 3.05) is 6.54 Å². The Kier molecular flexibility index (Phi) is 6.98. The van der Waals surface area contributed by atoms with E-state index in [4.69, 9.17) is 4.74 Å². The van der Waals surface area contributed by atoms with Crippen LogP contribution in [0.15, 0.2) is 59.5 Å². The molecule has 198 valence electrons. The van der Waals surface area contributed by atoms with Gasteiger partial charge in [-0.05, 0) is 31.4 Å². The van der Waals surface area contributed by atoms with Crippen molar-refractivity contribution in [1.29, 1.82) is 0 Å². The van der Waals surface area contributed by atoms with Crippen molar-refractivity contribution in [1.82, 2.24) is 14.8 Å². The van der Waals surface area contributed by atoms with Crippen LogP contribution in [0.5, 0.6) is 5.75 Å². The summed E-state index contributed by atoms with van der Waals surface area (Å²) in [4.78, 5) is 41.9. The molecule has 2 aliphatic heterocycles. The number of aromatic nitrogens is 1. The van der Waals surface area contributed by atoms with Crippen LogP contribution in [0.25, 0.3) is 0 Å². The van der Waals surface area contributed by atoms with Crippen molar-refractivity contribution in [3.05, 3.63) is 99.0 Å². The molecule has 3 heterocycles. The third-order valence-electron chi connectivity index (χ3n) is 7.18. The SMILES string of the molecule is C[C@@H]1CC[C@H](O)[C@H]2CN1C(=O)c1c(OCc3ccccc3)c(=O)c(C(=O)NCc3ccc(F)cc3F)cn12. The van der Waals surface area contributed by atoms with Crippen LogP contribution in [-0.4, -0.2) is 45.1 Å². The number of rotatable bonds is 6. The van der Waals surface area contributed by atoms with Crippen LogP contribution < -0.4 is 15.5 Å². The molecule has 0 spiro atoms. The summed E-state index contributed by atoms with van der Waals surface area (Å²) in [5.74, 6) is -3.09. The minimum Gasteiger partial charge on any atom is -0.483 e. The molecule has 2 bridgehead atoms. The molecule has 2 N–H and O–H groups in total. The average molecular weight is 524 g/mol. The van der Waals surface area contributed by atoms with E-state index in [1.54, 1.807) is 17.0 Å². The van der Waals surface area contributed by atoms with E-state index in [9.17, 15) is 28.3 Å². The van der Waals surface area contributed by atoms with Crippen molar-refractivity contribution < 1.29 is 28.2 Å². The highest BCUT2D eigenvalue weighted by Gasteiger charge is 2.42. The molecule has 1 fully saturated rings. The number of hydrogen-bond donors (Lipinski definition) is 2.